The number of aliphatic hydroxyl groups is 1. The first-order valence-corrected chi connectivity index (χ1v) is 13.1. The molecule has 0 aliphatic heterocycles. The van der Waals surface area contributed by atoms with E-state index in [-0.39, 0.29) is 38.7 Å². The average molecular weight is 626 g/mol. The van der Waals surface area contributed by atoms with E-state index >= 15 is 0 Å². The third kappa shape index (κ3) is 6.39. The number of carbonyl (C=O) groups excluding carboxylic acids is 1. The summed E-state index contributed by atoms with van der Waals surface area (Å²) in [5.41, 5.74) is 1.26. The molecular weight excluding hydrogens is 598 g/mol. The van der Waals surface area contributed by atoms with Gasteiger partial charge in [-0.1, -0.05) is 0 Å². The molecule has 2 aromatic carbocycles. The summed E-state index contributed by atoms with van der Waals surface area (Å²) < 4.78 is 68.2. The lowest BCUT2D eigenvalue weighted by Gasteiger charge is -2.32. The maximum Gasteiger partial charge on any atom is 0.424 e. The van der Waals surface area contributed by atoms with Crippen LogP contribution in [0.25, 0.3) is 11.3 Å². The van der Waals surface area contributed by atoms with Crippen molar-refractivity contribution in [2.75, 3.05) is 13.7 Å². The van der Waals surface area contributed by atoms with Crippen molar-refractivity contribution < 1.29 is 36.9 Å². The Bertz CT molecular complexity index is 1420. The molecule has 4 N–H and O–H groups in total. The van der Waals surface area contributed by atoms with Gasteiger partial charge in [-0.25, -0.2) is 9.37 Å². The summed E-state index contributed by atoms with van der Waals surface area (Å²) in [6.07, 6.45) is -3.38. The minimum Gasteiger partial charge on any atom is -0.493 e. The molecule has 40 heavy (non-hydrogen) atoms. The molecule has 1 fully saturated rings. The van der Waals surface area contributed by atoms with E-state index in [0.717, 1.165) is 25.0 Å². The van der Waals surface area contributed by atoms with Gasteiger partial charge in [0.25, 0.3) is 5.91 Å². The Hall–Kier alpha value is -3.22. The summed E-state index contributed by atoms with van der Waals surface area (Å²) in [5.74, 6) is -0.784. The van der Waals surface area contributed by atoms with Crippen LogP contribution in [0.1, 0.15) is 48.3 Å². The van der Waals surface area contributed by atoms with Crippen LogP contribution in [0.15, 0.2) is 53.0 Å². The molecule has 1 atom stereocenters. The number of hydrogen-bond donors (Lipinski definition) is 3. The van der Waals surface area contributed by atoms with Crippen LogP contribution in [0.4, 0.5) is 17.6 Å². The Kier molecular flexibility index (Phi) is 8.17. The van der Waals surface area contributed by atoms with Gasteiger partial charge in [0.05, 0.1) is 35.6 Å². The Morgan fingerprint density at radius 1 is 1.12 bits per heavy atom. The fourth-order valence-corrected chi connectivity index (χ4v) is 4.21. The summed E-state index contributed by atoms with van der Waals surface area (Å²) in [6.45, 7) is 1.91. The van der Waals surface area contributed by atoms with Crippen LogP contribution in [0.5, 0.6) is 11.5 Å². The monoisotopic (exact) mass is 625 g/mol. The van der Waals surface area contributed by atoms with Crippen LogP contribution in [0.2, 0.25) is 0 Å². The number of methoxy groups -OCH3 is 1. The lowest BCUT2D eigenvalue weighted by Crippen LogP contribution is -2.51. The van der Waals surface area contributed by atoms with E-state index in [1.165, 1.54) is 43.5 Å². The fraction of sp³-hybridized carbons (Fsp3) is 0.357. The number of nitrogens with zero attached hydrogens (tertiary/aromatic N) is 1. The van der Waals surface area contributed by atoms with E-state index in [1.807, 2.05) is 0 Å². The number of pyridine rings is 1. The van der Waals surface area contributed by atoms with Crippen molar-refractivity contribution in [1.82, 2.24) is 10.3 Å². The second-order valence-corrected chi connectivity index (χ2v) is 11.1. The van der Waals surface area contributed by atoms with E-state index in [0.29, 0.717) is 5.75 Å². The highest BCUT2D eigenvalue weighted by Crippen LogP contribution is 2.40. The molecular formula is C28H28BrF4N3O4. The van der Waals surface area contributed by atoms with Crippen LogP contribution in [-0.4, -0.2) is 41.9 Å². The quantitative estimate of drug-likeness (QED) is 0.268. The number of aromatic nitrogens is 1. The highest BCUT2D eigenvalue weighted by atomic mass is 79.9. The van der Waals surface area contributed by atoms with Crippen molar-refractivity contribution in [2.24, 2.45) is 5.73 Å². The maximum atomic E-state index is 14.5. The third-order valence-electron chi connectivity index (χ3n) is 6.43. The van der Waals surface area contributed by atoms with Crippen molar-refractivity contribution in [1.29, 1.82) is 0 Å². The molecule has 4 rings (SSSR count). The molecule has 1 aliphatic carbocycles. The number of rotatable bonds is 9. The smallest absolute Gasteiger partial charge is 0.424 e. The predicted octanol–water partition coefficient (Wildman–Crippen LogP) is 5.57. The van der Waals surface area contributed by atoms with Gasteiger partial charge in [-0.3, -0.25) is 4.79 Å². The van der Waals surface area contributed by atoms with Gasteiger partial charge in [0.1, 0.15) is 5.82 Å². The predicted molar refractivity (Wildman–Crippen MR) is 143 cm³/mol. The van der Waals surface area contributed by atoms with Gasteiger partial charge in [-0.15, -0.1) is 0 Å². The van der Waals surface area contributed by atoms with E-state index in [9.17, 15) is 27.5 Å². The number of alkyl halides is 3. The molecule has 1 heterocycles. The maximum absolute atomic E-state index is 14.5. The topological polar surface area (TPSA) is 107 Å². The lowest BCUT2D eigenvalue weighted by atomic mass is 9.89. The van der Waals surface area contributed by atoms with Gasteiger partial charge < -0.3 is 25.6 Å². The number of benzene rings is 2. The van der Waals surface area contributed by atoms with Gasteiger partial charge in [0.2, 0.25) is 5.60 Å². The molecule has 0 spiro atoms. The highest BCUT2D eigenvalue weighted by Gasteiger charge is 2.56. The highest BCUT2D eigenvalue weighted by molar-refractivity contribution is 9.10. The SMILES string of the molecule is COc1cc(C(=O)NCC(O)(c2cc(C(C)(C)N)cc(-c3ccc(F)c(Br)c3)n2)C(F)(F)F)ccc1OC1CC1. The van der Waals surface area contributed by atoms with Gasteiger partial charge in [-0.05, 0) is 96.7 Å². The minimum atomic E-state index is -5.25. The lowest BCUT2D eigenvalue weighted by molar-refractivity contribution is -0.265. The largest absolute Gasteiger partial charge is 0.493 e. The molecule has 214 valence electrons. The Morgan fingerprint density at radius 3 is 2.40 bits per heavy atom. The zero-order chi connectivity index (χ0) is 29.5. The first kappa shape index (κ1) is 29.8. The molecule has 1 saturated carbocycles. The normalized spacial score (nSPS) is 15.3. The van der Waals surface area contributed by atoms with Crippen LogP contribution >= 0.6 is 15.9 Å². The van der Waals surface area contributed by atoms with Crippen molar-refractivity contribution in [3.63, 3.8) is 0 Å². The zero-order valence-electron chi connectivity index (χ0n) is 21.9. The summed E-state index contributed by atoms with van der Waals surface area (Å²) in [4.78, 5) is 17.0. The molecule has 3 aromatic rings. The van der Waals surface area contributed by atoms with E-state index < -0.39 is 41.3 Å². The number of hydrogen-bond acceptors (Lipinski definition) is 6. The van der Waals surface area contributed by atoms with Gasteiger partial charge in [-0.2, -0.15) is 13.2 Å². The Balaban J connectivity index is 1.69. The van der Waals surface area contributed by atoms with Gasteiger partial charge in [0, 0.05) is 16.7 Å². The fourth-order valence-electron chi connectivity index (χ4n) is 3.84. The van der Waals surface area contributed by atoms with Gasteiger partial charge in [0.15, 0.2) is 11.5 Å². The number of halogens is 5. The first-order chi connectivity index (χ1) is 18.6. The van der Waals surface area contributed by atoms with Crippen LogP contribution in [0.3, 0.4) is 0 Å². The molecule has 0 radical (unpaired) electrons. The number of nitrogens with two attached hydrogens (primary N) is 1. The molecule has 0 bridgehead atoms. The second kappa shape index (κ2) is 11.0. The van der Waals surface area contributed by atoms with E-state index in [1.54, 1.807) is 13.8 Å². The molecule has 1 aliphatic rings. The molecule has 1 unspecified atom stereocenters. The Morgan fingerprint density at radius 2 is 1.82 bits per heavy atom. The second-order valence-electron chi connectivity index (χ2n) is 10.2. The summed E-state index contributed by atoms with van der Waals surface area (Å²) in [6, 6.07) is 10.6. The molecule has 0 saturated heterocycles. The van der Waals surface area contributed by atoms with Crippen LogP contribution in [-0.2, 0) is 11.1 Å². The van der Waals surface area contributed by atoms with Crippen LogP contribution in [0, 0.1) is 5.82 Å². The summed E-state index contributed by atoms with van der Waals surface area (Å²) in [5, 5.41) is 13.2. The summed E-state index contributed by atoms with van der Waals surface area (Å²) in [7, 11) is 1.38. The zero-order valence-corrected chi connectivity index (χ0v) is 23.5. The number of amides is 1. The van der Waals surface area contributed by atoms with Crippen molar-refractivity contribution >= 4 is 21.8 Å². The minimum absolute atomic E-state index is 0.00572. The number of ether oxygens (including phenoxy) is 2. The molecule has 7 nitrogen and oxygen atoms in total. The average Bonchev–Trinajstić information content (AvgIpc) is 3.71. The third-order valence-corrected chi connectivity index (χ3v) is 7.03. The van der Waals surface area contributed by atoms with Crippen molar-refractivity contribution in [2.45, 2.75) is 50.1 Å². The molecule has 1 amide bonds. The van der Waals surface area contributed by atoms with E-state index in [4.69, 9.17) is 15.2 Å². The van der Waals surface area contributed by atoms with E-state index in [2.05, 4.69) is 26.2 Å². The standard InChI is InChI=1S/C28H28BrF4N3O4/c1-26(2,34)17-12-21(15-4-8-20(30)19(29)10-15)36-24(13-17)27(38,28(31,32)33)14-35-25(37)16-5-9-22(23(11-16)39-3)40-18-6-7-18/h4-5,8-13,18,38H,6-7,14,34H2,1-3H3,(H,35,37). The first-order valence-electron chi connectivity index (χ1n) is 12.3. The molecule has 1 aromatic heterocycles. The Labute approximate surface area is 236 Å². The number of nitrogens with one attached hydrogen (secondary N) is 1. The summed E-state index contributed by atoms with van der Waals surface area (Å²) >= 11 is 3.06. The molecule has 12 heteroatoms. The number of carbonyl (C=O) groups is 1. The van der Waals surface area contributed by atoms with Crippen molar-refractivity contribution in [3.05, 3.63) is 75.6 Å². The van der Waals surface area contributed by atoms with Crippen LogP contribution < -0.4 is 20.5 Å². The van der Waals surface area contributed by atoms with Crippen molar-refractivity contribution in [3.8, 4) is 22.8 Å². The van der Waals surface area contributed by atoms with Gasteiger partial charge >= 0.3 is 6.18 Å².